The molecule has 1 unspecified atom stereocenters. The molecule has 1 heterocycles. The summed E-state index contributed by atoms with van der Waals surface area (Å²) in [5, 5.41) is 8.73. The Morgan fingerprint density at radius 2 is 2.60 bits per heavy atom. The number of hydrogen-bond acceptors (Lipinski definition) is 3. The third-order valence-electron chi connectivity index (χ3n) is 1.55. The van der Waals surface area contributed by atoms with E-state index in [9.17, 15) is 0 Å². The van der Waals surface area contributed by atoms with Crippen LogP contribution in [0.5, 0.6) is 0 Å². The van der Waals surface area contributed by atoms with Crippen molar-refractivity contribution in [1.29, 1.82) is 0 Å². The molecule has 0 radical (unpaired) electrons. The van der Waals surface area contributed by atoms with Crippen LogP contribution in [0.1, 0.15) is 19.8 Å². The number of rotatable bonds is 3. The lowest BCUT2D eigenvalue weighted by molar-refractivity contribution is -0.111. The zero-order chi connectivity index (χ0) is 7.40. The first-order valence-electron chi connectivity index (χ1n) is 3.70. The summed E-state index contributed by atoms with van der Waals surface area (Å²) >= 11 is 0. The van der Waals surface area contributed by atoms with Gasteiger partial charge in [0, 0.05) is 6.61 Å². The van der Waals surface area contributed by atoms with Crippen LogP contribution < -0.4 is 0 Å². The summed E-state index contributed by atoms with van der Waals surface area (Å²) in [7, 11) is 0. The molecule has 0 spiro atoms. The van der Waals surface area contributed by atoms with Crippen molar-refractivity contribution >= 4 is 0 Å². The van der Waals surface area contributed by atoms with Crippen LogP contribution in [-0.4, -0.2) is 30.7 Å². The summed E-state index contributed by atoms with van der Waals surface area (Å²) in [5.41, 5.74) is 0. The van der Waals surface area contributed by atoms with E-state index in [4.69, 9.17) is 14.6 Å². The highest BCUT2D eigenvalue weighted by Gasteiger charge is 2.15. The Kier molecular flexibility index (Phi) is 3.12. The van der Waals surface area contributed by atoms with E-state index in [0.717, 1.165) is 19.4 Å². The molecule has 10 heavy (non-hydrogen) atoms. The highest BCUT2D eigenvalue weighted by atomic mass is 16.6. The van der Waals surface area contributed by atoms with E-state index in [-0.39, 0.29) is 6.10 Å². The second-order valence-corrected chi connectivity index (χ2v) is 2.57. The normalized spacial score (nSPS) is 28.8. The number of ether oxygens (including phenoxy) is 2. The molecular weight excluding hydrogens is 132 g/mol. The Balaban J connectivity index is 2.01. The van der Waals surface area contributed by atoms with Crippen molar-refractivity contribution in [2.45, 2.75) is 32.2 Å². The second-order valence-electron chi connectivity index (χ2n) is 2.57. The summed E-state index contributed by atoms with van der Waals surface area (Å²) in [6, 6.07) is 0. The third-order valence-corrected chi connectivity index (χ3v) is 1.55. The Morgan fingerprint density at radius 1 is 1.80 bits per heavy atom. The zero-order valence-electron chi connectivity index (χ0n) is 6.25. The molecule has 1 aliphatic rings. The van der Waals surface area contributed by atoms with E-state index < -0.39 is 6.29 Å². The quantitative estimate of drug-likeness (QED) is 0.590. The van der Waals surface area contributed by atoms with Crippen molar-refractivity contribution in [2.75, 3.05) is 13.2 Å². The average Bonchev–Trinajstić information content (AvgIpc) is 2.34. The second kappa shape index (κ2) is 3.91. The predicted molar refractivity (Wildman–Crippen MR) is 36.6 cm³/mol. The van der Waals surface area contributed by atoms with E-state index in [1.54, 1.807) is 6.92 Å². The van der Waals surface area contributed by atoms with Crippen LogP contribution in [0.15, 0.2) is 0 Å². The van der Waals surface area contributed by atoms with Gasteiger partial charge in [-0.05, 0) is 19.8 Å². The molecule has 0 aliphatic carbocycles. The molecule has 1 fully saturated rings. The fourth-order valence-electron chi connectivity index (χ4n) is 1.02. The predicted octanol–water partition coefficient (Wildman–Crippen LogP) is 0.520. The molecule has 0 amide bonds. The van der Waals surface area contributed by atoms with Gasteiger partial charge < -0.3 is 14.6 Å². The fraction of sp³-hybridized carbons (Fsp3) is 1.00. The first kappa shape index (κ1) is 7.98. The van der Waals surface area contributed by atoms with Gasteiger partial charge in [0.15, 0.2) is 6.29 Å². The molecule has 0 aromatic carbocycles. The lowest BCUT2D eigenvalue weighted by atomic mass is 10.2. The van der Waals surface area contributed by atoms with Gasteiger partial charge in [-0.15, -0.1) is 0 Å². The van der Waals surface area contributed by atoms with Crippen molar-refractivity contribution < 1.29 is 14.6 Å². The molecule has 3 nitrogen and oxygen atoms in total. The molecule has 0 bridgehead atoms. The molecular formula is C7H14O3. The Bertz CT molecular complexity index is 86.9. The largest absolute Gasteiger partial charge is 0.376 e. The molecule has 60 valence electrons. The van der Waals surface area contributed by atoms with E-state index >= 15 is 0 Å². The third kappa shape index (κ3) is 2.64. The summed E-state index contributed by atoms with van der Waals surface area (Å²) in [6.07, 6.45) is 1.74. The molecule has 0 saturated carbocycles. The topological polar surface area (TPSA) is 38.7 Å². The van der Waals surface area contributed by atoms with Crippen molar-refractivity contribution in [3.63, 3.8) is 0 Å². The maximum absolute atomic E-state index is 8.73. The monoisotopic (exact) mass is 146 g/mol. The van der Waals surface area contributed by atoms with Gasteiger partial charge in [-0.3, -0.25) is 0 Å². The van der Waals surface area contributed by atoms with E-state index in [0.29, 0.717) is 6.61 Å². The van der Waals surface area contributed by atoms with Crippen LogP contribution in [0.2, 0.25) is 0 Å². The number of aliphatic hydroxyl groups excluding tert-OH is 1. The van der Waals surface area contributed by atoms with Crippen molar-refractivity contribution in [1.82, 2.24) is 0 Å². The number of hydrogen-bond donors (Lipinski definition) is 1. The minimum Gasteiger partial charge on any atom is -0.376 e. The highest BCUT2D eigenvalue weighted by molar-refractivity contribution is 4.63. The molecule has 3 heteroatoms. The standard InChI is InChI=1S/C7H14O3/c1-6(8)10-5-7-3-2-4-9-7/h6-8H,2-5H2,1H3/t6?,7-/m1/s1. The minimum absolute atomic E-state index is 0.217. The number of aliphatic hydroxyl groups is 1. The smallest absolute Gasteiger partial charge is 0.151 e. The lowest BCUT2D eigenvalue weighted by Gasteiger charge is -2.11. The van der Waals surface area contributed by atoms with Gasteiger partial charge in [-0.1, -0.05) is 0 Å². The molecule has 1 N–H and O–H groups in total. The van der Waals surface area contributed by atoms with Crippen LogP contribution >= 0.6 is 0 Å². The van der Waals surface area contributed by atoms with E-state index in [2.05, 4.69) is 0 Å². The molecule has 0 aromatic heterocycles. The summed E-state index contributed by atoms with van der Waals surface area (Å²) in [6.45, 7) is 2.97. The Hall–Kier alpha value is -0.120. The maximum atomic E-state index is 8.73. The van der Waals surface area contributed by atoms with Crippen LogP contribution in [0, 0.1) is 0 Å². The summed E-state index contributed by atoms with van der Waals surface area (Å²) in [4.78, 5) is 0. The summed E-state index contributed by atoms with van der Waals surface area (Å²) < 4.78 is 10.2. The van der Waals surface area contributed by atoms with Gasteiger partial charge in [-0.2, -0.15) is 0 Å². The van der Waals surface area contributed by atoms with Crippen LogP contribution in [0.4, 0.5) is 0 Å². The Morgan fingerprint density at radius 3 is 3.10 bits per heavy atom. The molecule has 1 aliphatic heterocycles. The average molecular weight is 146 g/mol. The first-order chi connectivity index (χ1) is 4.79. The first-order valence-corrected chi connectivity index (χ1v) is 3.70. The van der Waals surface area contributed by atoms with Crippen LogP contribution in [-0.2, 0) is 9.47 Å². The molecule has 1 saturated heterocycles. The molecule has 2 atom stereocenters. The van der Waals surface area contributed by atoms with Gasteiger partial charge in [0.25, 0.3) is 0 Å². The van der Waals surface area contributed by atoms with Gasteiger partial charge in [0.2, 0.25) is 0 Å². The maximum Gasteiger partial charge on any atom is 0.151 e. The van der Waals surface area contributed by atoms with Gasteiger partial charge in [-0.25, -0.2) is 0 Å². The minimum atomic E-state index is -0.663. The lowest BCUT2D eigenvalue weighted by Crippen LogP contribution is -2.18. The van der Waals surface area contributed by atoms with Crippen LogP contribution in [0.3, 0.4) is 0 Å². The van der Waals surface area contributed by atoms with Gasteiger partial charge >= 0.3 is 0 Å². The van der Waals surface area contributed by atoms with Crippen molar-refractivity contribution in [3.05, 3.63) is 0 Å². The highest BCUT2D eigenvalue weighted by Crippen LogP contribution is 2.12. The Labute approximate surface area is 60.9 Å². The zero-order valence-corrected chi connectivity index (χ0v) is 6.25. The fourth-order valence-corrected chi connectivity index (χ4v) is 1.02. The summed E-state index contributed by atoms with van der Waals surface area (Å²) in [5.74, 6) is 0. The SMILES string of the molecule is CC(O)OC[C@H]1CCCO1. The van der Waals surface area contributed by atoms with Gasteiger partial charge in [0.1, 0.15) is 0 Å². The van der Waals surface area contributed by atoms with Crippen molar-refractivity contribution in [3.8, 4) is 0 Å². The molecule has 0 aromatic rings. The molecule has 1 rings (SSSR count). The van der Waals surface area contributed by atoms with E-state index in [1.165, 1.54) is 0 Å². The van der Waals surface area contributed by atoms with Gasteiger partial charge in [0.05, 0.1) is 12.7 Å². The van der Waals surface area contributed by atoms with E-state index in [1.807, 2.05) is 0 Å². The van der Waals surface area contributed by atoms with Crippen molar-refractivity contribution in [2.24, 2.45) is 0 Å². The van der Waals surface area contributed by atoms with Crippen LogP contribution in [0.25, 0.3) is 0 Å².